The molecule has 0 bridgehead atoms. The van der Waals surface area contributed by atoms with Crippen LogP contribution in [0.15, 0.2) is 41.1 Å². The van der Waals surface area contributed by atoms with Crippen LogP contribution in [0.5, 0.6) is 5.75 Å². The zero-order valence-electron chi connectivity index (χ0n) is 19.8. The van der Waals surface area contributed by atoms with Crippen LogP contribution >= 0.6 is 15.9 Å². The average Bonchev–Trinajstić information content (AvgIpc) is 2.73. The number of anilines is 1. The van der Waals surface area contributed by atoms with Gasteiger partial charge in [-0.05, 0) is 46.8 Å². The molecule has 0 saturated carbocycles. The Labute approximate surface area is 203 Å². The number of likely N-dealkylation sites (tertiary alicyclic amines) is 1. The molecule has 8 heteroatoms. The number of carbonyl (C=O) groups is 2. The van der Waals surface area contributed by atoms with Crippen molar-refractivity contribution in [3.63, 3.8) is 0 Å². The quantitative estimate of drug-likeness (QED) is 0.469. The van der Waals surface area contributed by atoms with Crippen molar-refractivity contribution in [3.05, 3.63) is 52.3 Å². The molecule has 0 unspecified atom stereocenters. The summed E-state index contributed by atoms with van der Waals surface area (Å²) in [5, 5.41) is 12.9. The first kappa shape index (κ1) is 25.0. The summed E-state index contributed by atoms with van der Waals surface area (Å²) in [7, 11) is 1.62. The maximum atomic E-state index is 12.9. The number of nitrogens with one attached hydrogen (secondary N) is 1. The third kappa shape index (κ3) is 5.32. The average molecular weight is 518 g/mol. The lowest BCUT2D eigenvalue weighted by Gasteiger charge is -2.52. The number of carbonyl (C=O) groups excluding carboxylic acids is 1. The van der Waals surface area contributed by atoms with Gasteiger partial charge in [-0.3, -0.25) is 9.59 Å². The molecule has 2 aromatic rings. The molecule has 0 atom stereocenters. The van der Waals surface area contributed by atoms with Crippen molar-refractivity contribution in [2.24, 2.45) is 5.41 Å². The van der Waals surface area contributed by atoms with E-state index in [4.69, 9.17) is 4.74 Å². The maximum absolute atomic E-state index is 12.9. The highest BCUT2D eigenvalue weighted by Crippen LogP contribution is 2.40. The number of aliphatic carboxylic acids is 1. The smallest absolute Gasteiger partial charge is 0.309 e. The van der Waals surface area contributed by atoms with Crippen LogP contribution in [0, 0.1) is 5.41 Å². The number of pyridine rings is 1. The third-order valence-corrected chi connectivity index (χ3v) is 6.77. The molecule has 1 aliphatic rings. The van der Waals surface area contributed by atoms with Gasteiger partial charge in [0.05, 0.1) is 24.4 Å². The summed E-state index contributed by atoms with van der Waals surface area (Å²) < 4.78 is 6.18. The van der Waals surface area contributed by atoms with Crippen molar-refractivity contribution < 1.29 is 19.4 Å². The fourth-order valence-electron chi connectivity index (χ4n) is 4.27. The number of halogens is 1. The summed E-state index contributed by atoms with van der Waals surface area (Å²) in [5.74, 6) is -0.0930. The Morgan fingerprint density at radius 2 is 1.97 bits per heavy atom. The highest BCUT2D eigenvalue weighted by molar-refractivity contribution is 9.10. The molecule has 0 spiro atoms. The normalized spacial score (nSPS) is 15.2. The largest absolute Gasteiger partial charge is 0.494 e. The number of carboxylic acids is 1. The standard InChI is InChI=1S/C25H32BrN3O4/c1-16(2)17-8-6-7-9-18(17)25(13-28-19-12-27-21(26)10-20(19)33-5)14-29(15-25)22(30)11-24(3,4)23(31)32/h6-10,12,16,28H,11,13-15H2,1-5H3,(H,31,32). The minimum absolute atomic E-state index is 0.0257. The van der Waals surface area contributed by atoms with Crippen molar-refractivity contribution in [1.82, 2.24) is 9.88 Å². The van der Waals surface area contributed by atoms with Crippen LogP contribution in [-0.2, 0) is 15.0 Å². The van der Waals surface area contributed by atoms with Crippen LogP contribution in [0.3, 0.4) is 0 Å². The monoisotopic (exact) mass is 517 g/mol. The minimum Gasteiger partial charge on any atom is -0.494 e. The van der Waals surface area contributed by atoms with Gasteiger partial charge in [-0.15, -0.1) is 0 Å². The summed E-state index contributed by atoms with van der Waals surface area (Å²) >= 11 is 3.37. The molecule has 1 aromatic heterocycles. The van der Waals surface area contributed by atoms with E-state index in [0.717, 1.165) is 5.69 Å². The molecule has 0 aliphatic carbocycles. The van der Waals surface area contributed by atoms with E-state index in [-0.39, 0.29) is 17.7 Å². The first-order valence-corrected chi connectivity index (χ1v) is 11.8. The lowest BCUT2D eigenvalue weighted by atomic mass is 9.70. The SMILES string of the molecule is COc1cc(Br)ncc1NCC1(c2ccccc2C(C)C)CN(C(=O)CC(C)(C)C(=O)O)C1. The van der Waals surface area contributed by atoms with E-state index in [1.807, 2.05) is 18.2 Å². The summed E-state index contributed by atoms with van der Waals surface area (Å²) in [6.45, 7) is 9.13. The van der Waals surface area contributed by atoms with Crippen molar-refractivity contribution in [2.45, 2.75) is 45.4 Å². The lowest BCUT2D eigenvalue weighted by Crippen LogP contribution is -2.64. The first-order valence-electron chi connectivity index (χ1n) is 11.0. The molecule has 1 aliphatic heterocycles. The number of hydrogen-bond acceptors (Lipinski definition) is 5. The zero-order valence-corrected chi connectivity index (χ0v) is 21.4. The van der Waals surface area contributed by atoms with Crippen LogP contribution < -0.4 is 10.1 Å². The van der Waals surface area contributed by atoms with Crippen LogP contribution in [0.2, 0.25) is 0 Å². The number of nitrogens with zero attached hydrogens (tertiary/aromatic N) is 2. The summed E-state index contributed by atoms with van der Waals surface area (Å²) in [5.41, 5.74) is 1.83. The lowest BCUT2D eigenvalue weighted by molar-refractivity contribution is -0.153. The molecule has 1 aromatic carbocycles. The van der Waals surface area contributed by atoms with Gasteiger partial charge in [0.2, 0.25) is 5.91 Å². The van der Waals surface area contributed by atoms with E-state index in [1.54, 1.807) is 32.1 Å². The molecule has 1 saturated heterocycles. The number of carboxylic acid groups (broad SMARTS) is 1. The van der Waals surface area contributed by atoms with E-state index in [9.17, 15) is 14.7 Å². The van der Waals surface area contributed by atoms with Crippen molar-refractivity contribution in [2.75, 3.05) is 32.1 Å². The van der Waals surface area contributed by atoms with Gasteiger partial charge in [0, 0.05) is 37.5 Å². The van der Waals surface area contributed by atoms with Crippen LogP contribution in [0.25, 0.3) is 0 Å². The Morgan fingerprint density at radius 1 is 1.30 bits per heavy atom. The molecule has 33 heavy (non-hydrogen) atoms. The van der Waals surface area contributed by atoms with Crippen LogP contribution in [0.1, 0.15) is 51.2 Å². The number of aromatic nitrogens is 1. The molecule has 2 heterocycles. The number of rotatable bonds is 9. The molecule has 1 fully saturated rings. The van der Waals surface area contributed by atoms with Gasteiger partial charge >= 0.3 is 5.97 Å². The fraction of sp³-hybridized carbons (Fsp3) is 0.480. The Hall–Kier alpha value is -2.61. The second-order valence-electron chi connectivity index (χ2n) is 9.70. The summed E-state index contributed by atoms with van der Waals surface area (Å²) in [4.78, 5) is 30.5. The van der Waals surface area contributed by atoms with E-state index < -0.39 is 11.4 Å². The fourth-order valence-corrected chi connectivity index (χ4v) is 4.58. The number of methoxy groups -OCH3 is 1. The first-order chi connectivity index (χ1) is 15.5. The third-order valence-electron chi connectivity index (χ3n) is 6.34. The molecule has 7 nitrogen and oxygen atoms in total. The van der Waals surface area contributed by atoms with Gasteiger partial charge in [0.1, 0.15) is 10.4 Å². The van der Waals surface area contributed by atoms with Gasteiger partial charge in [0.15, 0.2) is 0 Å². The second kappa shape index (κ2) is 9.71. The summed E-state index contributed by atoms with van der Waals surface area (Å²) in [6, 6.07) is 10.2. The predicted octanol–water partition coefficient (Wildman–Crippen LogP) is 4.67. The minimum atomic E-state index is -1.10. The molecule has 0 radical (unpaired) electrons. The van der Waals surface area contributed by atoms with Crippen LogP contribution in [-0.4, -0.2) is 53.6 Å². The Balaban J connectivity index is 1.87. The predicted molar refractivity (Wildman–Crippen MR) is 132 cm³/mol. The Morgan fingerprint density at radius 3 is 2.58 bits per heavy atom. The summed E-state index contributed by atoms with van der Waals surface area (Å²) in [6.07, 6.45) is 1.70. The molecule has 178 valence electrons. The van der Waals surface area contributed by atoms with Gasteiger partial charge in [0.25, 0.3) is 0 Å². The van der Waals surface area contributed by atoms with Crippen molar-refractivity contribution in [3.8, 4) is 5.75 Å². The van der Waals surface area contributed by atoms with Gasteiger partial charge < -0.3 is 20.1 Å². The van der Waals surface area contributed by atoms with E-state index in [0.29, 0.717) is 35.9 Å². The van der Waals surface area contributed by atoms with Crippen molar-refractivity contribution in [1.29, 1.82) is 0 Å². The molecule has 3 rings (SSSR count). The Kier molecular flexibility index (Phi) is 7.36. The van der Waals surface area contributed by atoms with Gasteiger partial charge in [-0.25, -0.2) is 4.98 Å². The maximum Gasteiger partial charge on any atom is 0.309 e. The highest BCUT2D eigenvalue weighted by Gasteiger charge is 2.48. The highest BCUT2D eigenvalue weighted by atomic mass is 79.9. The topological polar surface area (TPSA) is 91.8 Å². The van der Waals surface area contributed by atoms with E-state index >= 15 is 0 Å². The number of benzene rings is 1. The van der Waals surface area contributed by atoms with E-state index in [2.05, 4.69) is 52.2 Å². The number of ether oxygens (including phenoxy) is 1. The number of hydrogen-bond donors (Lipinski definition) is 2. The van der Waals surface area contributed by atoms with Gasteiger partial charge in [-0.2, -0.15) is 0 Å². The molecular weight excluding hydrogens is 486 g/mol. The molecule has 1 amide bonds. The second-order valence-corrected chi connectivity index (χ2v) is 10.5. The zero-order chi connectivity index (χ0) is 24.4. The molecular formula is C25H32BrN3O4. The molecule has 2 N–H and O–H groups in total. The number of amides is 1. The Bertz CT molecular complexity index is 1030. The van der Waals surface area contributed by atoms with Gasteiger partial charge in [-0.1, -0.05) is 38.1 Å². The van der Waals surface area contributed by atoms with Crippen molar-refractivity contribution >= 4 is 33.5 Å². The van der Waals surface area contributed by atoms with Crippen LogP contribution in [0.4, 0.5) is 5.69 Å². The van der Waals surface area contributed by atoms with E-state index in [1.165, 1.54) is 11.1 Å².